The molecule has 0 bridgehead atoms. The zero-order chi connectivity index (χ0) is 8.53. The van der Waals surface area contributed by atoms with Crippen molar-refractivity contribution in [3.05, 3.63) is 0 Å². The summed E-state index contributed by atoms with van der Waals surface area (Å²) in [6.07, 6.45) is 3.52. The highest BCUT2D eigenvalue weighted by molar-refractivity contribution is 4.54. The van der Waals surface area contributed by atoms with E-state index >= 15 is 0 Å². The molecule has 11 heavy (non-hydrogen) atoms. The third kappa shape index (κ3) is 7.82. The highest BCUT2D eigenvalue weighted by Crippen LogP contribution is 1.92. The van der Waals surface area contributed by atoms with Crippen LogP contribution in [0.15, 0.2) is 0 Å². The van der Waals surface area contributed by atoms with Crippen LogP contribution in [0.25, 0.3) is 0 Å². The van der Waals surface area contributed by atoms with E-state index in [2.05, 4.69) is 19.2 Å². The summed E-state index contributed by atoms with van der Waals surface area (Å²) in [6, 6.07) is 0.580. The Hall–Kier alpha value is -0.0800. The van der Waals surface area contributed by atoms with Crippen molar-refractivity contribution in [3.63, 3.8) is 0 Å². The molecule has 2 heteroatoms. The number of unbranched alkanes of at least 4 members (excludes halogenated alkanes) is 1. The van der Waals surface area contributed by atoms with Gasteiger partial charge in [-0.1, -0.05) is 13.3 Å². The summed E-state index contributed by atoms with van der Waals surface area (Å²) < 4.78 is 5.41. The molecule has 0 aromatic rings. The average molecular weight is 159 g/mol. The van der Waals surface area contributed by atoms with Crippen molar-refractivity contribution in [2.75, 3.05) is 20.3 Å². The highest BCUT2D eigenvalue weighted by Gasteiger charge is 1.96. The maximum atomic E-state index is 5.41. The van der Waals surface area contributed by atoms with Crippen molar-refractivity contribution in [3.8, 4) is 0 Å². The van der Waals surface area contributed by atoms with E-state index in [-0.39, 0.29) is 0 Å². The van der Waals surface area contributed by atoms with Crippen molar-refractivity contribution in [1.29, 1.82) is 0 Å². The fourth-order valence-corrected chi connectivity index (χ4v) is 0.753. The Morgan fingerprint density at radius 1 is 1.36 bits per heavy atom. The lowest BCUT2D eigenvalue weighted by molar-refractivity contribution is 0.123. The lowest BCUT2D eigenvalue weighted by Gasteiger charge is -2.09. The molecule has 0 fully saturated rings. The summed E-state index contributed by atoms with van der Waals surface area (Å²) in [5.74, 6) is 0. The minimum atomic E-state index is 0.580. The SMILES string of the molecule is CCCCOCCC(C)NC. The Morgan fingerprint density at radius 2 is 2.09 bits per heavy atom. The summed E-state index contributed by atoms with van der Waals surface area (Å²) in [6.45, 7) is 6.16. The molecule has 0 amide bonds. The number of nitrogens with one attached hydrogen (secondary N) is 1. The van der Waals surface area contributed by atoms with Crippen molar-refractivity contribution < 1.29 is 4.74 Å². The van der Waals surface area contributed by atoms with E-state index in [0.717, 1.165) is 19.6 Å². The molecule has 0 spiro atoms. The molecular formula is C9H21NO. The van der Waals surface area contributed by atoms with E-state index in [4.69, 9.17) is 4.74 Å². The second-order valence-electron chi connectivity index (χ2n) is 2.94. The van der Waals surface area contributed by atoms with Crippen LogP contribution in [0.2, 0.25) is 0 Å². The minimum Gasteiger partial charge on any atom is -0.381 e. The molecule has 2 nitrogen and oxygen atoms in total. The summed E-state index contributed by atoms with van der Waals surface area (Å²) in [4.78, 5) is 0. The molecule has 0 aromatic carbocycles. The van der Waals surface area contributed by atoms with Crippen molar-refractivity contribution in [2.45, 2.75) is 39.2 Å². The van der Waals surface area contributed by atoms with E-state index in [1.807, 2.05) is 7.05 Å². The van der Waals surface area contributed by atoms with Gasteiger partial charge >= 0.3 is 0 Å². The molecule has 0 aliphatic carbocycles. The van der Waals surface area contributed by atoms with Crippen LogP contribution in [-0.2, 0) is 4.74 Å². The second-order valence-corrected chi connectivity index (χ2v) is 2.94. The quantitative estimate of drug-likeness (QED) is 0.572. The third-order valence-corrected chi connectivity index (χ3v) is 1.83. The van der Waals surface area contributed by atoms with Crippen LogP contribution in [-0.4, -0.2) is 26.3 Å². The van der Waals surface area contributed by atoms with Gasteiger partial charge in [-0.05, 0) is 26.8 Å². The molecule has 0 aromatic heterocycles. The van der Waals surface area contributed by atoms with Gasteiger partial charge in [0.05, 0.1) is 0 Å². The predicted octanol–water partition coefficient (Wildman–Crippen LogP) is 1.80. The Kier molecular flexibility index (Phi) is 7.96. The van der Waals surface area contributed by atoms with Gasteiger partial charge in [0.2, 0.25) is 0 Å². The Balaban J connectivity index is 2.89. The van der Waals surface area contributed by atoms with Gasteiger partial charge in [0.15, 0.2) is 0 Å². The summed E-state index contributed by atoms with van der Waals surface area (Å²) in [7, 11) is 1.98. The molecule has 1 N–H and O–H groups in total. The van der Waals surface area contributed by atoms with Crippen LogP contribution in [0.1, 0.15) is 33.1 Å². The van der Waals surface area contributed by atoms with E-state index in [9.17, 15) is 0 Å². The first-order valence-electron chi connectivity index (χ1n) is 4.56. The monoisotopic (exact) mass is 159 g/mol. The number of rotatable bonds is 7. The lowest BCUT2D eigenvalue weighted by atomic mass is 10.2. The maximum absolute atomic E-state index is 5.41. The van der Waals surface area contributed by atoms with Crippen molar-refractivity contribution in [2.24, 2.45) is 0 Å². The molecule has 0 radical (unpaired) electrons. The molecule has 0 aliphatic heterocycles. The molecule has 1 unspecified atom stereocenters. The zero-order valence-corrected chi connectivity index (χ0v) is 8.02. The fourth-order valence-electron chi connectivity index (χ4n) is 0.753. The van der Waals surface area contributed by atoms with Gasteiger partial charge in [0, 0.05) is 19.3 Å². The van der Waals surface area contributed by atoms with E-state index in [1.54, 1.807) is 0 Å². The molecule has 68 valence electrons. The topological polar surface area (TPSA) is 21.3 Å². The van der Waals surface area contributed by atoms with Crippen molar-refractivity contribution >= 4 is 0 Å². The van der Waals surface area contributed by atoms with Crippen LogP contribution in [0.3, 0.4) is 0 Å². The molecule has 0 saturated carbocycles. The predicted molar refractivity (Wildman–Crippen MR) is 48.9 cm³/mol. The highest BCUT2D eigenvalue weighted by atomic mass is 16.5. The normalized spacial score (nSPS) is 13.4. The summed E-state index contributed by atoms with van der Waals surface area (Å²) in [5.41, 5.74) is 0. The van der Waals surface area contributed by atoms with Gasteiger partial charge in [-0.25, -0.2) is 0 Å². The van der Waals surface area contributed by atoms with E-state index < -0.39 is 0 Å². The van der Waals surface area contributed by atoms with E-state index in [0.29, 0.717) is 6.04 Å². The first-order chi connectivity index (χ1) is 5.31. The molecular weight excluding hydrogens is 138 g/mol. The molecule has 0 rings (SSSR count). The first-order valence-corrected chi connectivity index (χ1v) is 4.56. The van der Waals surface area contributed by atoms with Crippen LogP contribution in [0.5, 0.6) is 0 Å². The van der Waals surface area contributed by atoms with Crippen LogP contribution in [0, 0.1) is 0 Å². The van der Waals surface area contributed by atoms with Gasteiger partial charge in [-0.3, -0.25) is 0 Å². The largest absolute Gasteiger partial charge is 0.381 e. The van der Waals surface area contributed by atoms with Gasteiger partial charge in [-0.15, -0.1) is 0 Å². The Labute approximate surface area is 70.3 Å². The third-order valence-electron chi connectivity index (χ3n) is 1.83. The second kappa shape index (κ2) is 8.02. The number of hydrogen-bond acceptors (Lipinski definition) is 2. The van der Waals surface area contributed by atoms with Gasteiger partial charge < -0.3 is 10.1 Å². The lowest BCUT2D eigenvalue weighted by Crippen LogP contribution is -2.22. The summed E-state index contributed by atoms with van der Waals surface area (Å²) >= 11 is 0. The minimum absolute atomic E-state index is 0.580. The van der Waals surface area contributed by atoms with Crippen LogP contribution in [0.4, 0.5) is 0 Å². The molecule has 0 aliphatic rings. The average Bonchev–Trinajstić information content (AvgIpc) is 2.04. The number of hydrogen-bond donors (Lipinski definition) is 1. The van der Waals surface area contributed by atoms with Gasteiger partial charge in [0.1, 0.15) is 0 Å². The van der Waals surface area contributed by atoms with Crippen LogP contribution >= 0.6 is 0 Å². The Morgan fingerprint density at radius 3 is 2.64 bits per heavy atom. The zero-order valence-electron chi connectivity index (χ0n) is 8.02. The standard InChI is InChI=1S/C9H21NO/c1-4-5-7-11-8-6-9(2)10-3/h9-10H,4-8H2,1-3H3. The summed E-state index contributed by atoms with van der Waals surface area (Å²) in [5, 5.41) is 3.18. The smallest absolute Gasteiger partial charge is 0.0480 e. The van der Waals surface area contributed by atoms with Gasteiger partial charge in [-0.2, -0.15) is 0 Å². The maximum Gasteiger partial charge on any atom is 0.0480 e. The van der Waals surface area contributed by atoms with E-state index in [1.165, 1.54) is 12.8 Å². The first kappa shape index (κ1) is 10.9. The molecule has 0 saturated heterocycles. The van der Waals surface area contributed by atoms with Gasteiger partial charge in [0.25, 0.3) is 0 Å². The molecule has 1 atom stereocenters. The molecule has 0 heterocycles. The Bertz CT molecular complexity index is 76.0. The van der Waals surface area contributed by atoms with Crippen LogP contribution < -0.4 is 5.32 Å². The number of ether oxygens (including phenoxy) is 1. The van der Waals surface area contributed by atoms with Crippen molar-refractivity contribution in [1.82, 2.24) is 5.32 Å². The fraction of sp³-hybridized carbons (Fsp3) is 1.00.